The minimum Gasteiger partial charge on any atom is -0.337 e. The van der Waals surface area contributed by atoms with Crippen molar-refractivity contribution in [3.05, 3.63) is 29.3 Å². The highest BCUT2D eigenvalue weighted by Gasteiger charge is 2.20. The molecule has 0 spiro atoms. The number of nitrogens with two attached hydrogens (primary N) is 1. The third kappa shape index (κ3) is 3.15. The lowest BCUT2D eigenvalue weighted by atomic mass is 9.83. The van der Waals surface area contributed by atoms with Gasteiger partial charge in [0.1, 0.15) is 6.10 Å². The lowest BCUT2D eigenvalue weighted by molar-refractivity contribution is -0.250. The van der Waals surface area contributed by atoms with E-state index in [-0.39, 0.29) is 6.10 Å². The third-order valence-corrected chi connectivity index (χ3v) is 4.67. The van der Waals surface area contributed by atoms with Crippen LogP contribution in [-0.4, -0.2) is 12.6 Å². The quantitative estimate of drug-likeness (QED) is 0.673. The zero-order valence-corrected chi connectivity index (χ0v) is 12.1. The highest BCUT2D eigenvalue weighted by molar-refractivity contribution is 5.39. The Hall–Kier alpha value is -1.06. The van der Waals surface area contributed by atoms with Crippen LogP contribution in [0, 0.1) is 0 Å². The van der Waals surface area contributed by atoms with E-state index in [4.69, 9.17) is 15.5 Å². The molecule has 0 aliphatic heterocycles. The summed E-state index contributed by atoms with van der Waals surface area (Å²) in [6.07, 6.45) is 9.94. The molecule has 3 nitrogen and oxygen atoms in total. The predicted octanol–water partition coefficient (Wildman–Crippen LogP) is 3.71. The van der Waals surface area contributed by atoms with E-state index >= 15 is 0 Å². The molecule has 0 saturated heterocycles. The second-order valence-corrected chi connectivity index (χ2v) is 6.13. The molecule has 0 amide bonds. The van der Waals surface area contributed by atoms with E-state index in [1.165, 1.54) is 43.2 Å². The number of benzene rings is 1. The molecular formula is C17H25NO2. The molecule has 1 unspecified atom stereocenters. The smallest absolute Gasteiger partial charge is 0.165 e. The second kappa shape index (κ2) is 6.59. The number of hydrogen-bond donors (Lipinski definition) is 1. The fourth-order valence-corrected chi connectivity index (χ4v) is 3.47. The maximum atomic E-state index is 5.86. The van der Waals surface area contributed by atoms with E-state index in [1.54, 1.807) is 0 Å². The van der Waals surface area contributed by atoms with Gasteiger partial charge in [-0.2, -0.15) is 4.89 Å². The number of aryl methyl sites for hydroxylation is 1. The standard InChI is InChI=1S/C17H25NO2/c18-12-14-6-4-5-13-11-16(9-10-17(13)14)20-19-15-7-2-1-3-8-15/h9-11,14-15H,1-8,12,18H2. The third-order valence-electron chi connectivity index (χ3n) is 4.67. The van der Waals surface area contributed by atoms with Crippen LogP contribution in [0.5, 0.6) is 5.75 Å². The van der Waals surface area contributed by atoms with Gasteiger partial charge in [0.2, 0.25) is 0 Å². The summed E-state index contributed by atoms with van der Waals surface area (Å²) < 4.78 is 0. The van der Waals surface area contributed by atoms with E-state index in [2.05, 4.69) is 12.1 Å². The van der Waals surface area contributed by atoms with Crippen LogP contribution in [0.1, 0.15) is 62.0 Å². The first-order chi connectivity index (χ1) is 9.86. The molecule has 1 aromatic rings. The zero-order chi connectivity index (χ0) is 13.8. The molecule has 1 atom stereocenters. The largest absolute Gasteiger partial charge is 0.337 e. The topological polar surface area (TPSA) is 44.5 Å². The molecule has 2 aliphatic carbocycles. The van der Waals surface area contributed by atoms with Crippen molar-refractivity contribution in [1.82, 2.24) is 0 Å². The second-order valence-electron chi connectivity index (χ2n) is 6.13. The van der Waals surface area contributed by atoms with E-state index in [9.17, 15) is 0 Å². The Morgan fingerprint density at radius 2 is 1.90 bits per heavy atom. The van der Waals surface area contributed by atoms with E-state index in [0.29, 0.717) is 5.92 Å². The van der Waals surface area contributed by atoms with Crippen molar-refractivity contribution < 1.29 is 9.78 Å². The normalized spacial score (nSPS) is 23.4. The maximum absolute atomic E-state index is 5.86. The molecule has 1 saturated carbocycles. The van der Waals surface area contributed by atoms with Gasteiger partial charge in [0.05, 0.1) is 0 Å². The molecule has 110 valence electrons. The fraction of sp³-hybridized carbons (Fsp3) is 0.647. The average molecular weight is 275 g/mol. The molecule has 0 heterocycles. The molecule has 0 radical (unpaired) electrons. The summed E-state index contributed by atoms with van der Waals surface area (Å²) in [7, 11) is 0. The first-order valence-electron chi connectivity index (χ1n) is 8.03. The van der Waals surface area contributed by atoms with Crippen molar-refractivity contribution in [3.8, 4) is 5.75 Å². The Kier molecular flexibility index (Phi) is 4.58. The minimum atomic E-state index is 0.275. The van der Waals surface area contributed by atoms with Crippen molar-refractivity contribution in [1.29, 1.82) is 0 Å². The Morgan fingerprint density at radius 3 is 2.70 bits per heavy atom. The zero-order valence-electron chi connectivity index (χ0n) is 12.1. The van der Waals surface area contributed by atoms with Gasteiger partial charge in [-0.3, -0.25) is 0 Å². The summed E-state index contributed by atoms with van der Waals surface area (Å²) in [5.41, 5.74) is 8.65. The van der Waals surface area contributed by atoms with Gasteiger partial charge in [-0.25, -0.2) is 0 Å². The van der Waals surface area contributed by atoms with Gasteiger partial charge < -0.3 is 10.6 Å². The number of fused-ring (bicyclic) bond motifs is 1. The maximum Gasteiger partial charge on any atom is 0.165 e. The van der Waals surface area contributed by atoms with Crippen LogP contribution in [0.2, 0.25) is 0 Å². The summed E-state index contributed by atoms with van der Waals surface area (Å²) >= 11 is 0. The monoisotopic (exact) mass is 275 g/mol. The number of hydrogen-bond acceptors (Lipinski definition) is 3. The Morgan fingerprint density at radius 1 is 1.05 bits per heavy atom. The molecule has 1 aromatic carbocycles. The Labute approximate surface area is 121 Å². The van der Waals surface area contributed by atoms with Gasteiger partial charge in [0.15, 0.2) is 5.75 Å². The SMILES string of the molecule is NCC1CCCc2cc(OOC3CCCCC3)ccc21. The highest BCUT2D eigenvalue weighted by atomic mass is 17.2. The Balaban J connectivity index is 1.63. The fourth-order valence-electron chi connectivity index (χ4n) is 3.47. The van der Waals surface area contributed by atoms with Crippen LogP contribution in [-0.2, 0) is 11.3 Å². The highest BCUT2D eigenvalue weighted by Crippen LogP contribution is 2.33. The van der Waals surface area contributed by atoms with Crippen molar-refractivity contribution in [2.45, 2.75) is 63.4 Å². The molecule has 0 bridgehead atoms. The molecule has 0 aromatic heterocycles. The molecule has 1 fully saturated rings. The molecule has 3 rings (SSSR count). The summed E-state index contributed by atoms with van der Waals surface area (Å²) in [6.45, 7) is 0.742. The Bertz CT molecular complexity index is 441. The van der Waals surface area contributed by atoms with E-state index in [0.717, 1.165) is 31.6 Å². The van der Waals surface area contributed by atoms with Crippen molar-refractivity contribution in [3.63, 3.8) is 0 Å². The van der Waals surface area contributed by atoms with Gasteiger partial charge in [-0.1, -0.05) is 25.3 Å². The molecular weight excluding hydrogens is 250 g/mol. The molecule has 20 heavy (non-hydrogen) atoms. The van der Waals surface area contributed by atoms with E-state index in [1.807, 2.05) is 6.07 Å². The van der Waals surface area contributed by atoms with Gasteiger partial charge in [-0.05, 0) is 67.8 Å². The number of rotatable bonds is 4. The first kappa shape index (κ1) is 13.9. The lowest BCUT2D eigenvalue weighted by Gasteiger charge is -2.25. The summed E-state index contributed by atoms with van der Waals surface area (Å²) in [5.74, 6) is 1.36. The molecule has 2 aliphatic rings. The van der Waals surface area contributed by atoms with E-state index < -0.39 is 0 Å². The minimum absolute atomic E-state index is 0.275. The van der Waals surface area contributed by atoms with Crippen LogP contribution in [0.25, 0.3) is 0 Å². The summed E-state index contributed by atoms with van der Waals surface area (Å²) in [4.78, 5) is 11.1. The predicted molar refractivity (Wildman–Crippen MR) is 79.8 cm³/mol. The lowest BCUT2D eigenvalue weighted by Crippen LogP contribution is -2.19. The molecule has 2 N–H and O–H groups in total. The van der Waals surface area contributed by atoms with Gasteiger partial charge in [-0.15, -0.1) is 0 Å². The van der Waals surface area contributed by atoms with Crippen molar-refractivity contribution in [2.24, 2.45) is 5.73 Å². The van der Waals surface area contributed by atoms with Gasteiger partial charge in [0.25, 0.3) is 0 Å². The van der Waals surface area contributed by atoms with Crippen LogP contribution < -0.4 is 10.6 Å². The average Bonchev–Trinajstić information content (AvgIpc) is 2.53. The summed E-state index contributed by atoms with van der Waals surface area (Å²) in [5, 5.41) is 0. The van der Waals surface area contributed by atoms with Crippen LogP contribution in [0.15, 0.2) is 18.2 Å². The summed E-state index contributed by atoms with van der Waals surface area (Å²) in [6, 6.07) is 6.33. The first-order valence-corrected chi connectivity index (χ1v) is 8.03. The van der Waals surface area contributed by atoms with Crippen LogP contribution >= 0.6 is 0 Å². The molecule has 3 heteroatoms. The van der Waals surface area contributed by atoms with Crippen LogP contribution in [0.4, 0.5) is 0 Å². The van der Waals surface area contributed by atoms with Crippen molar-refractivity contribution in [2.75, 3.05) is 6.54 Å². The van der Waals surface area contributed by atoms with Gasteiger partial charge >= 0.3 is 0 Å². The van der Waals surface area contributed by atoms with Crippen molar-refractivity contribution >= 4 is 0 Å². The van der Waals surface area contributed by atoms with Crippen LogP contribution in [0.3, 0.4) is 0 Å². The van der Waals surface area contributed by atoms with Gasteiger partial charge in [0, 0.05) is 0 Å².